The zero-order valence-corrected chi connectivity index (χ0v) is 15.3. The Labute approximate surface area is 136 Å². The Morgan fingerprint density at radius 2 is 1.86 bits per heavy atom. The minimum Gasteiger partial charge on any atom is -0.371 e. The van der Waals surface area contributed by atoms with E-state index in [1.54, 1.807) is 0 Å². The molecule has 1 atom stereocenters. The molecule has 2 nitrogen and oxygen atoms in total. The minimum atomic E-state index is -0.0765. The number of ether oxygens (including phenoxy) is 1. The lowest BCUT2D eigenvalue weighted by molar-refractivity contribution is -0.0149. The maximum absolute atomic E-state index is 5.91. The van der Waals surface area contributed by atoms with E-state index < -0.39 is 0 Å². The van der Waals surface area contributed by atoms with Gasteiger partial charge in [0.05, 0.1) is 12.2 Å². The fourth-order valence-electron chi connectivity index (χ4n) is 3.16. The number of hydrogen-bond donors (Lipinski definition) is 0. The lowest BCUT2D eigenvalue weighted by atomic mass is 9.95. The van der Waals surface area contributed by atoms with Crippen molar-refractivity contribution < 1.29 is 4.74 Å². The summed E-state index contributed by atoms with van der Waals surface area (Å²) in [4.78, 5) is 2.61. The van der Waals surface area contributed by atoms with Crippen molar-refractivity contribution in [2.24, 2.45) is 5.41 Å². The Morgan fingerprint density at radius 1 is 1.14 bits per heavy atom. The van der Waals surface area contributed by atoms with Crippen LogP contribution in [-0.2, 0) is 11.3 Å². The molecule has 1 aromatic carbocycles. The maximum Gasteiger partial charge on any atom is 0.0724 e. The second-order valence-electron chi connectivity index (χ2n) is 8.93. The minimum absolute atomic E-state index is 0.0765. The van der Waals surface area contributed by atoms with Gasteiger partial charge < -0.3 is 9.64 Å². The second-order valence-corrected chi connectivity index (χ2v) is 8.93. The fourth-order valence-corrected chi connectivity index (χ4v) is 3.16. The van der Waals surface area contributed by atoms with E-state index in [0.717, 1.165) is 0 Å². The monoisotopic (exact) mass is 303 g/mol. The summed E-state index contributed by atoms with van der Waals surface area (Å²) in [7, 11) is 0. The van der Waals surface area contributed by atoms with E-state index in [9.17, 15) is 0 Å². The molecule has 1 aromatic rings. The van der Waals surface area contributed by atoms with Gasteiger partial charge in [0, 0.05) is 13.1 Å². The van der Waals surface area contributed by atoms with Crippen LogP contribution in [0.15, 0.2) is 24.3 Å². The molecule has 1 aliphatic heterocycles. The van der Waals surface area contributed by atoms with Crippen LogP contribution in [0.1, 0.15) is 65.0 Å². The summed E-state index contributed by atoms with van der Waals surface area (Å²) in [5.41, 5.74) is 3.08. The summed E-state index contributed by atoms with van der Waals surface area (Å²) in [5, 5.41) is 0. The number of nitrogens with zero attached hydrogens (tertiary/aromatic N) is 1. The van der Waals surface area contributed by atoms with Crippen LogP contribution in [-0.4, -0.2) is 30.1 Å². The normalized spacial score (nSPS) is 20.5. The van der Waals surface area contributed by atoms with E-state index in [4.69, 9.17) is 4.74 Å². The fraction of sp³-hybridized carbons (Fsp3) is 0.700. The lowest BCUT2D eigenvalue weighted by Crippen LogP contribution is -2.30. The van der Waals surface area contributed by atoms with Gasteiger partial charge in [-0.2, -0.15) is 0 Å². The first-order valence-corrected chi connectivity index (χ1v) is 8.58. The molecule has 1 saturated heterocycles. The third-order valence-corrected chi connectivity index (χ3v) is 4.06. The smallest absolute Gasteiger partial charge is 0.0724 e. The van der Waals surface area contributed by atoms with Crippen LogP contribution in [0.2, 0.25) is 0 Å². The topological polar surface area (TPSA) is 12.5 Å². The van der Waals surface area contributed by atoms with Crippen LogP contribution >= 0.6 is 0 Å². The van der Waals surface area contributed by atoms with Gasteiger partial charge >= 0.3 is 0 Å². The van der Waals surface area contributed by atoms with E-state index in [-0.39, 0.29) is 5.60 Å². The molecule has 2 heteroatoms. The van der Waals surface area contributed by atoms with E-state index >= 15 is 0 Å². The highest BCUT2D eigenvalue weighted by Gasteiger charge is 2.26. The summed E-state index contributed by atoms with van der Waals surface area (Å²) in [6.07, 6.45) is 1.28. The molecule has 22 heavy (non-hydrogen) atoms. The molecule has 0 radical (unpaired) electrons. The largest absolute Gasteiger partial charge is 0.371 e. The number of likely N-dealkylation sites (tertiary alicyclic amines) is 1. The molecule has 0 N–H and O–H groups in total. The average Bonchev–Trinajstić information content (AvgIpc) is 2.82. The van der Waals surface area contributed by atoms with Crippen molar-refractivity contribution in [3.63, 3.8) is 0 Å². The van der Waals surface area contributed by atoms with Crippen LogP contribution < -0.4 is 0 Å². The van der Waals surface area contributed by atoms with Gasteiger partial charge in [0.15, 0.2) is 0 Å². The Hall–Kier alpha value is -0.860. The highest BCUT2D eigenvalue weighted by Crippen LogP contribution is 2.30. The second kappa shape index (κ2) is 6.72. The molecule has 0 spiro atoms. The van der Waals surface area contributed by atoms with Crippen molar-refractivity contribution in [1.29, 1.82) is 0 Å². The van der Waals surface area contributed by atoms with E-state index in [2.05, 4.69) is 70.7 Å². The Morgan fingerprint density at radius 3 is 2.50 bits per heavy atom. The van der Waals surface area contributed by atoms with Crippen molar-refractivity contribution in [1.82, 2.24) is 4.90 Å². The SMILES string of the molecule is CC(C)(C)CN1CCC(c2cccc(COC(C)(C)C)c2)C1. The number of benzene rings is 1. The van der Waals surface area contributed by atoms with Gasteiger partial charge in [-0.1, -0.05) is 45.0 Å². The summed E-state index contributed by atoms with van der Waals surface area (Å²) in [5.74, 6) is 0.678. The number of hydrogen-bond acceptors (Lipinski definition) is 2. The van der Waals surface area contributed by atoms with Crippen LogP contribution in [0, 0.1) is 5.41 Å². The molecular weight excluding hydrogens is 270 g/mol. The highest BCUT2D eigenvalue weighted by atomic mass is 16.5. The first kappa shape index (κ1) is 17.5. The molecule has 0 amide bonds. The molecule has 2 rings (SSSR count). The quantitative estimate of drug-likeness (QED) is 0.789. The number of rotatable bonds is 4. The molecule has 0 bridgehead atoms. The maximum atomic E-state index is 5.91. The van der Waals surface area contributed by atoms with E-state index in [1.165, 1.54) is 37.2 Å². The summed E-state index contributed by atoms with van der Waals surface area (Å²) < 4.78 is 5.91. The average molecular weight is 303 g/mol. The van der Waals surface area contributed by atoms with Crippen molar-refractivity contribution >= 4 is 0 Å². The molecule has 124 valence electrons. The van der Waals surface area contributed by atoms with Crippen LogP contribution in [0.4, 0.5) is 0 Å². The van der Waals surface area contributed by atoms with Gasteiger partial charge in [-0.05, 0) is 56.2 Å². The third-order valence-electron chi connectivity index (χ3n) is 4.06. The van der Waals surface area contributed by atoms with E-state index in [1.807, 2.05) is 0 Å². The summed E-state index contributed by atoms with van der Waals surface area (Å²) in [6, 6.07) is 8.99. The predicted molar refractivity (Wildman–Crippen MR) is 94.2 cm³/mol. The van der Waals surface area contributed by atoms with Crippen LogP contribution in [0.3, 0.4) is 0 Å². The Balaban J connectivity index is 1.96. The van der Waals surface area contributed by atoms with E-state index in [0.29, 0.717) is 17.9 Å². The standard InChI is InChI=1S/C20H33NO/c1-19(2,3)15-21-11-10-18(13-21)17-9-7-8-16(12-17)14-22-20(4,5)6/h7-9,12,18H,10-11,13-15H2,1-6H3. The molecule has 0 saturated carbocycles. The molecule has 0 aromatic heterocycles. The van der Waals surface area contributed by atoms with Gasteiger partial charge in [0.1, 0.15) is 0 Å². The molecule has 0 aliphatic carbocycles. The highest BCUT2D eigenvalue weighted by molar-refractivity contribution is 5.27. The van der Waals surface area contributed by atoms with Gasteiger partial charge in [-0.25, -0.2) is 0 Å². The molecule has 1 fully saturated rings. The molecule has 1 heterocycles. The Kier molecular flexibility index (Phi) is 5.34. The zero-order chi connectivity index (χ0) is 16.4. The molecule has 1 unspecified atom stereocenters. The summed E-state index contributed by atoms with van der Waals surface area (Å²) >= 11 is 0. The lowest BCUT2D eigenvalue weighted by Gasteiger charge is -2.26. The van der Waals surface area contributed by atoms with Crippen LogP contribution in [0.25, 0.3) is 0 Å². The first-order valence-electron chi connectivity index (χ1n) is 8.58. The van der Waals surface area contributed by atoms with Crippen molar-refractivity contribution in [2.75, 3.05) is 19.6 Å². The Bertz CT molecular complexity index is 481. The molecule has 1 aliphatic rings. The van der Waals surface area contributed by atoms with Crippen molar-refractivity contribution in [2.45, 2.75) is 66.1 Å². The van der Waals surface area contributed by atoms with Crippen molar-refractivity contribution in [3.05, 3.63) is 35.4 Å². The summed E-state index contributed by atoms with van der Waals surface area (Å²) in [6.45, 7) is 17.6. The van der Waals surface area contributed by atoms with Gasteiger partial charge in [0.25, 0.3) is 0 Å². The third kappa shape index (κ3) is 5.73. The predicted octanol–water partition coefficient (Wildman–Crippen LogP) is 4.84. The van der Waals surface area contributed by atoms with Gasteiger partial charge in [0.2, 0.25) is 0 Å². The van der Waals surface area contributed by atoms with Crippen molar-refractivity contribution in [3.8, 4) is 0 Å². The van der Waals surface area contributed by atoms with Gasteiger partial charge in [-0.15, -0.1) is 0 Å². The zero-order valence-electron chi connectivity index (χ0n) is 15.3. The van der Waals surface area contributed by atoms with Gasteiger partial charge in [-0.3, -0.25) is 0 Å². The first-order chi connectivity index (χ1) is 10.1. The molecular formula is C20H33NO. The van der Waals surface area contributed by atoms with Crippen LogP contribution in [0.5, 0.6) is 0 Å².